The molecular weight excluding hydrogens is 416 g/mol. The van der Waals surface area contributed by atoms with Gasteiger partial charge in [-0.1, -0.05) is 13.0 Å². The lowest BCUT2D eigenvalue weighted by atomic mass is 9.98. The van der Waals surface area contributed by atoms with E-state index in [1.807, 2.05) is 28.0 Å². The first-order valence-corrected chi connectivity index (χ1v) is 11.8. The van der Waals surface area contributed by atoms with E-state index in [1.54, 1.807) is 30.3 Å². The SMILES string of the molecule is CC1CCN(C(=O)c2cccc(NCC(=O)Nc3ccc(C(=O)N4CCCC4)cc3)c2)CC1. The molecule has 3 amide bonds. The fraction of sp³-hybridized carbons (Fsp3) is 0.423. The van der Waals surface area contributed by atoms with E-state index in [0.29, 0.717) is 22.7 Å². The molecular formula is C26H32N4O3. The maximum Gasteiger partial charge on any atom is 0.253 e. The van der Waals surface area contributed by atoms with Gasteiger partial charge >= 0.3 is 0 Å². The standard InChI is InChI=1S/C26H32N4O3/c1-19-11-15-30(16-12-19)26(33)21-5-4-6-23(17-21)27-18-24(31)28-22-9-7-20(8-10-22)25(32)29-13-2-3-14-29/h4-10,17,19,27H,2-3,11-16,18H2,1H3,(H,28,31). The van der Waals surface area contributed by atoms with Gasteiger partial charge in [0.05, 0.1) is 6.54 Å². The zero-order valence-electron chi connectivity index (χ0n) is 19.2. The Kier molecular flexibility index (Phi) is 7.27. The summed E-state index contributed by atoms with van der Waals surface area (Å²) in [4.78, 5) is 41.4. The number of benzene rings is 2. The molecule has 0 aliphatic carbocycles. The van der Waals surface area contributed by atoms with Gasteiger partial charge in [0, 0.05) is 48.7 Å². The van der Waals surface area contributed by atoms with Crippen molar-refractivity contribution in [2.75, 3.05) is 43.4 Å². The number of likely N-dealkylation sites (tertiary alicyclic amines) is 2. The summed E-state index contributed by atoms with van der Waals surface area (Å²) in [7, 11) is 0. The van der Waals surface area contributed by atoms with Gasteiger partial charge < -0.3 is 20.4 Å². The lowest BCUT2D eigenvalue weighted by molar-refractivity contribution is -0.114. The van der Waals surface area contributed by atoms with E-state index in [1.165, 1.54) is 0 Å². The Labute approximate surface area is 195 Å². The molecule has 0 unspecified atom stereocenters. The van der Waals surface area contributed by atoms with E-state index in [9.17, 15) is 14.4 Å². The number of carbonyl (C=O) groups excluding carboxylic acids is 3. The third-order valence-corrected chi connectivity index (χ3v) is 6.44. The highest BCUT2D eigenvalue weighted by Gasteiger charge is 2.22. The molecule has 0 spiro atoms. The number of anilines is 2. The minimum atomic E-state index is -0.199. The topological polar surface area (TPSA) is 81.8 Å². The molecule has 2 fully saturated rings. The molecule has 7 nitrogen and oxygen atoms in total. The lowest BCUT2D eigenvalue weighted by Crippen LogP contribution is -2.37. The van der Waals surface area contributed by atoms with E-state index in [2.05, 4.69) is 17.6 Å². The van der Waals surface area contributed by atoms with Crippen molar-refractivity contribution in [3.8, 4) is 0 Å². The Hall–Kier alpha value is -3.35. The molecule has 2 heterocycles. The molecule has 2 saturated heterocycles. The van der Waals surface area contributed by atoms with Crippen molar-refractivity contribution in [1.29, 1.82) is 0 Å². The summed E-state index contributed by atoms with van der Waals surface area (Å²) >= 11 is 0. The van der Waals surface area contributed by atoms with Crippen molar-refractivity contribution in [3.63, 3.8) is 0 Å². The summed E-state index contributed by atoms with van der Waals surface area (Å²) in [6.07, 6.45) is 4.19. The summed E-state index contributed by atoms with van der Waals surface area (Å²) < 4.78 is 0. The summed E-state index contributed by atoms with van der Waals surface area (Å²) in [6, 6.07) is 14.3. The van der Waals surface area contributed by atoms with E-state index in [0.717, 1.165) is 57.5 Å². The van der Waals surface area contributed by atoms with Crippen LogP contribution in [0.3, 0.4) is 0 Å². The van der Waals surface area contributed by atoms with Gasteiger partial charge in [0.15, 0.2) is 0 Å². The zero-order chi connectivity index (χ0) is 23.2. The predicted molar refractivity (Wildman–Crippen MR) is 129 cm³/mol. The van der Waals surface area contributed by atoms with E-state index in [4.69, 9.17) is 0 Å². The van der Waals surface area contributed by atoms with Crippen molar-refractivity contribution in [2.45, 2.75) is 32.6 Å². The first-order chi connectivity index (χ1) is 16.0. The molecule has 2 aliphatic rings. The smallest absolute Gasteiger partial charge is 0.253 e. The number of carbonyl (C=O) groups is 3. The molecule has 7 heteroatoms. The van der Waals surface area contributed by atoms with Crippen molar-refractivity contribution in [3.05, 3.63) is 59.7 Å². The van der Waals surface area contributed by atoms with Crippen molar-refractivity contribution in [2.24, 2.45) is 5.92 Å². The van der Waals surface area contributed by atoms with Crippen molar-refractivity contribution < 1.29 is 14.4 Å². The van der Waals surface area contributed by atoms with Crippen LogP contribution in [0.4, 0.5) is 11.4 Å². The highest BCUT2D eigenvalue weighted by atomic mass is 16.2. The van der Waals surface area contributed by atoms with Gasteiger partial charge in [-0.05, 0) is 74.1 Å². The molecule has 2 aromatic rings. The number of rotatable bonds is 6. The molecule has 0 bridgehead atoms. The van der Waals surface area contributed by atoms with Gasteiger partial charge in [-0.25, -0.2) is 0 Å². The van der Waals surface area contributed by atoms with E-state index in [-0.39, 0.29) is 24.3 Å². The average Bonchev–Trinajstić information content (AvgIpc) is 3.38. The van der Waals surface area contributed by atoms with Gasteiger partial charge in [0.25, 0.3) is 11.8 Å². The molecule has 174 valence electrons. The molecule has 0 radical (unpaired) electrons. The fourth-order valence-electron chi connectivity index (χ4n) is 4.34. The highest BCUT2D eigenvalue weighted by molar-refractivity contribution is 5.97. The monoisotopic (exact) mass is 448 g/mol. The summed E-state index contributed by atoms with van der Waals surface area (Å²) in [5.41, 5.74) is 2.64. The van der Waals surface area contributed by atoms with Gasteiger partial charge in [-0.15, -0.1) is 0 Å². The van der Waals surface area contributed by atoms with Crippen LogP contribution in [0.15, 0.2) is 48.5 Å². The first kappa shape index (κ1) is 22.8. The number of nitrogens with one attached hydrogen (secondary N) is 2. The molecule has 2 aromatic carbocycles. The normalized spacial score (nSPS) is 16.5. The Bertz CT molecular complexity index is 991. The third-order valence-electron chi connectivity index (χ3n) is 6.44. The van der Waals surface area contributed by atoms with E-state index >= 15 is 0 Å². The Morgan fingerprint density at radius 2 is 1.45 bits per heavy atom. The second-order valence-corrected chi connectivity index (χ2v) is 9.03. The number of hydrogen-bond acceptors (Lipinski definition) is 4. The van der Waals surface area contributed by atoms with Crippen LogP contribution >= 0.6 is 0 Å². The molecule has 4 rings (SSSR count). The van der Waals surface area contributed by atoms with Crippen LogP contribution in [0.2, 0.25) is 0 Å². The lowest BCUT2D eigenvalue weighted by Gasteiger charge is -2.30. The zero-order valence-corrected chi connectivity index (χ0v) is 19.2. The Morgan fingerprint density at radius 3 is 2.15 bits per heavy atom. The Balaban J connectivity index is 1.28. The summed E-state index contributed by atoms with van der Waals surface area (Å²) in [5.74, 6) is 0.553. The second kappa shape index (κ2) is 10.5. The van der Waals surface area contributed by atoms with Gasteiger partial charge in [-0.2, -0.15) is 0 Å². The van der Waals surface area contributed by atoms with Gasteiger partial charge in [-0.3, -0.25) is 14.4 Å². The highest BCUT2D eigenvalue weighted by Crippen LogP contribution is 2.20. The second-order valence-electron chi connectivity index (χ2n) is 9.03. The van der Waals surface area contributed by atoms with Crippen LogP contribution in [-0.2, 0) is 4.79 Å². The van der Waals surface area contributed by atoms with Crippen molar-refractivity contribution in [1.82, 2.24) is 9.80 Å². The average molecular weight is 449 g/mol. The molecule has 0 atom stereocenters. The number of nitrogens with zero attached hydrogens (tertiary/aromatic N) is 2. The van der Waals surface area contributed by atoms with E-state index < -0.39 is 0 Å². The van der Waals surface area contributed by atoms with Crippen LogP contribution in [0.25, 0.3) is 0 Å². The Morgan fingerprint density at radius 1 is 0.818 bits per heavy atom. The van der Waals surface area contributed by atoms with Gasteiger partial charge in [0.1, 0.15) is 0 Å². The first-order valence-electron chi connectivity index (χ1n) is 11.8. The fourth-order valence-corrected chi connectivity index (χ4v) is 4.34. The number of hydrogen-bond donors (Lipinski definition) is 2. The molecule has 33 heavy (non-hydrogen) atoms. The largest absolute Gasteiger partial charge is 0.376 e. The minimum Gasteiger partial charge on any atom is -0.376 e. The maximum absolute atomic E-state index is 12.8. The molecule has 0 saturated carbocycles. The van der Waals surface area contributed by atoms with Crippen LogP contribution in [0.5, 0.6) is 0 Å². The number of piperidine rings is 1. The summed E-state index contributed by atoms with van der Waals surface area (Å²) in [5, 5.41) is 5.93. The minimum absolute atomic E-state index is 0.0403. The van der Waals surface area contributed by atoms with Gasteiger partial charge in [0.2, 0.25) is 5.91 Å². The predicted octanol–water partition coefficient (Wildman–Crippen LogP) is 3.85. The maximum atomic E-state index is 12.8. The van der Waals surface area contributed by atoms with Crippen LogP contribution < -0.4 is 10.6 Å². The quantitative estimate of drug-likeness (QED) is 0.703. The van der Waals surface area contributed by atoms with Crippen LogP contribution in [0.1, 0.15) is 53.3 Å². The molecule has 0 aromatic heterocycles. The molecule has 2 aliphatic heterocycles. The van der Waals surface area contributed by atoms with Crippen LogP contribution in [-0.4, -0.2) is 60.2 Å². The molecule has 2 N–H and O–H groups in total. The third kappa shape index (κ3) is 5.92. The van der Waals surface area contributed by atoms with Crippen molar-refractivity contribution >= 4 is 29.1 Å². The number of amides is 3. The van der Waals surface area contributed by atoms with Crippen LogP contribution in [0, 0.1) is 5.92 Å². The summed E-state index contributed by atoms with van der Waals surface area (Å²) in [6.45, 7) is 5.51.